The highest BCUT2D eigenvalue weighted by Gasteiger charge is 2.03. The molecule has 0 heterocycles. The van der Waals surface area contributed by atoms with Gasteiger partial charge in [0.25, 0.3) is 0 Å². The van der Waals surface area contributed by atoms with Crippen molar-refractivity contribution in [1.29, 1.82) is 0 Å². The zero-order chi connectivity index (χ0) is 13.4. The van der Waals surface area contributed by atoms with E-state index in [0.717, 1.165) is 12.0 Å². The number of hydrogen-bond acceptors (Lipinski definition) is 2. The van der Waals surface area contributed by atoms with E-state index >= 15 is 0 Å². The van der Waals surface area contributed by atoms with E-state index in [2.05, 4.69) is 17.6 Å². The summed E-state index contributed by atoms with van der Waals surface area (Å²) in [7, 11) is 0. The van der Waals surface area contributed by atoms with Crippen LogP contribution in [0.1, 0.15) is 25.8 Å². The van der Waals surface area contributed by atoms with Crippen LogP contribution in [-0.2, 0) is 11.2 Å². The average Bonchev–Trinajstić information content (AvgIpc) is 2.36. The molecule has 100 valence electrons. The van der Waals surface area contributed by atoms with Crippen LogP contribution in [0.2, 0.25) is 0 Å². The Morgan fingerprint density at radius 3 is 2.89 bits per heavy atom. The maximum atomic E-state index is 12.9. The first-order chi connectivity index (χ1) is 8.61. The predicted molar refractivity (Wildman–Crippen MR) is 70.9 cm³/mol. The van der Waals surface area contributed by atoms with E-state index < -0.39 is 0 Å². The van der Waals surface area contributed by atoms with Crippen LogP contribution in [0.3, 0.4) is 0 Å². The van der Waals surface area contributed by atoms with E-state index in [0.29, 0.717) is 25.6 Å². The third kappa shape index (κ3) is 5.77. The fraction of sp³-hybridized carbons (Fsp3) is 0.500. The Labute approximate surface area is 108 Å². The fourth-order valence-electron chi connectivity index (χ4n) is 1.51. The number of carbonyl (C=O) groups is 1. The molecule has 0 aromatic heterocycles. The zero-order valence-corrected chi connectivity index (χ0v) is 11.0. The zero-order valence-electron chi connectivity index (χ0n) is 11.0. The SMILES string of the molecule is CCC(C)NCC(=O)NCCc1cccc(F)c1. The maximum Gasteiger partial charge on any atom is 0.233 e. The number of benzene rings is 1. The molecule has 1 amide bonds. The molecule has 1 atom stereocenters. The second-order valence-electron chi connectivity index (χ2n) is 4.42. The fourth-order valence-corrected chi connectivity index (χ4v) is 1.51. The first-order valence-corrected chi connectivity index (χ1v) is 6.36. The lowest BCUT2D eigenvalue weighted by atomic mass is 10.1. The standard InChI is InChI=1S/C14H21FN2O/c1-3-11(2)17-10-14(18)16-8-7-12-5-4-6-13(15)9-12/h4-6,9,11,17H,3,7-8,10H2,1-2H3,(H,16,18). The summed E-state index contributed by atoms with van der Waals surface area (Å²) in [6.07, 6.45) is 1.64. The summed E-state index contributed by atoms with van der Waals surface area (Å²) in [5, 5.41) is 5.92. The van der Waals surface area contributed by atoms with Crippen molar-refractivity contribution in [1.82, 2.24) is 10.6 Å². The molecule has 0 saturated carbocycles. The van der Waals surface area contributed by atoms with Crippen LogP contribution in [0.25, 0.3) is 0 Å². The highest BCUT2D eigenvalue weighted by atomic mass is 19.1. The van der Waals surface area contributed by atoms with Gasteiger partial charge in [0.05, 0.1) is 6.54 Å². The Morgan fingerprint density at radius 1 is 1.44 bits per heavy atom. The van der Waals surface area contributed by atoms with Crippen LogP contribution in [0, 0.1) is 5.82 Å². The van der Waals surface area contributed by atoms with Gasteiger partial charge in [-0.1, -0.05) is 19.1 Å². The molecule has 18 heavy (non-hydrogen) atoms. The molecule has 1 aromatic carbocycles. The topological polar surface area (TPSA) is 41.1 Å². The molecule has 0 fully saturated rings. The van der Waals surface area contributed by atoms with Crippen LogP contribution in [0.4, 0.5) is 4.39 Å². The summed E-state index contributed by atoms with van der Waals surface area (Å²) in [5.41, 5.74) is 0.894. The molecule has 1 rings (SSSR count). The van der Waals surface area contributed by atoms with Gasteiger partial charge < -0.3 is 10.6 Å². The number of halogens is 1. The number of rotatable bonds is 7. The molecule has 0 aliphatic carbocycles. The first-order valence-electron chi connectivity index (χ1n) is 6.36. The van der Waals surface area contributed by atoms with Gasteiger partial charge in [-0.2, -0.15) is 0 Å². The third-order valence-electron chi connectivity index (χ3n) is 2.85. The molecule has 0 saturated heterocycles. The van der Waals surface area contributed by atoms with Crippen molar-refractivity contribution < 1.29 is 9.18 Å². The molecule has 0 aliphatic rings. The summed E-state index contributed by atoms with van der Waals surface area (Å²) in [6, 6.07) is 6.78. The van der Waals surface area contributed by atoms with Gasteiger partial charge in [0.2, 0.25) is 5.91 Å². The smallest absolute Gasteiger partial charge is 0.233 e. The molecular weight excluding hydrogens is 231 g/mol. The van der Waals surface area contributed by atoms with Gasteiger partial charge in [0, 0.05) is 12.6 Å². The summed E-state index contributed by atoms with van der Waals surface area (Å²) in [6.45, 7) is 4.97. The predicted octanol–water partition coefficient (Wildman–Crippen LogP) is 1.87. The van der Waals surface area contributed by atoms with E-state index in [1.54, 1.807) is 6.07 Å². The number of amides is 1. The monoisotopic (exact) mass is 252 g/mol. The average molecular weight is 252 g/mol. The summed E-state index contributed by atoms with van der Waals surface area (Å²) >= 11 is 0. The normalized spacial score (nSPS) is 12.2. The largest absolute Gasteiger partial charge is 0.355 e. The lowest BCUT2D eigenvalue weighted by Crippen LogP contribution is -2.38. The van der Waals surface area contributed by atoms with Crippen LogP contribution in [-0.4, -0.2) is 25.0 Å². The van der Waals surface area contributed by atoms with E-state index in [-0.39, 0.29) is 11.7 Å². The first kappa shape index (κ1) is 14.6. The lowest BCUT2D eigenvalue weighted by Gasteiger charge is -2.11. The van der Waals surface area contributed by atoms with Crippen molar-refractivity contribution in [2.75, 3.05) is 13.1 Å². The van der Waals surface area contributed by atoms with Gasteiger partial charge in [-0.3, -0.25) is 4.79 Å². The van der Waals surface area contributed by atoms with E-state index in [4.69, 9.17) is 0 Å². The second-order valence-corrected chi connectivity index (χ2v) is 4.42. The molecule has 0 bridgehead atoms. The van der Waals surface area contributed by atoms with Crippen molar-refractivity contribution in [2.24, 2.45) is 0 Å². The van der Waals surface area contributed by atoms with Crippen molar-refractivity contribution >= 4 is 5.91 Å². The Balaban J connectivity index is 2.19. The van der Waals surface area contributed by atoms with Gasteiger partial charge in [0.1, 0.15) is 5.82 Å². The van der Waals surface area contributed by atoms with Gasteiger partial charge in [-0.15, -0.1) is 0 Å². The van der Waals surface area contributed by atoms with E-state index in [9.17, 15) is 9.18 Å². The Kier molecular flexibility index (Phi) is 6.36. The minimum Gasteiger partial charge on any atom is -0.355 e. The number of hydrogen-bond donors (Lipinski definition) is 2. The van der Waals surface area contributed by atoms with Crippen molar-refractivity contribution in [2.45, 2.75) is 32.7 Å². The van der Waals surface area contributed by atoms with E-state index in [1.807, 2.05) is 13.0 Å². The lowest BCUT2D eigenvalue weighted by molar-refractivity contribution is -0.120. The van der Waals surface area contributed by atoms with E-state index in [1.165, 1.54) is 12.1 Å². The molecule has 0 spiro atoms. The third-order valence-corrected chi connectivity index (χ3v) is 2.85. The highest BCUT2D eigenvalue weighted by Crippen LogP contribution is 2.03. The minimum atomic E-state index is -0.239. The van der Waals surface area contributed by atoms with Gasteiger partial charge >= 0.3 is 0 Å². The molecule has 0 aliphatic heterocycles. The summed E-state index contributed by atoms with van der Waals surface area (Å²) in [4.78, 5) is 11.5. The van der Waals surface area contributed by atoms with Crippen molar-refractivity contribution in [3.05, 3.63) is 35.6 Å². The van der Waals surface area contributed by atoms with Crippen molar-refractivity contribution in [3.63, 3.8) is 0 Å². The molecule has 1 aromatic rings. The molecule has 3 nitrogen and oxygen atoms in total. The van der Waals surface area contributed by atoms with Crippen LogP contribution in [0.15, 0.2) is 24.3 Å². The summed E-state index contributed by atoms with van der Waals surface area (Å²) < 4.78 is 12.9. The Bertz CT molecular complexity index is 382. The van der Waals surface area contributed by atoms with Crippen LogP contribution < -0.4 is 10.6 Å². The highest BCUT2D eigenvalue weighted by molar-refractivity contribution is 5.77. The van der Waals surface area contributed by atoms with Gasteiger partial charge in [-0.25, -0.2) is 4.39 Å². The maximum absolute atomic E-state index is 12.9. The number of nitrogens with one attached hydrogen (secondary N) is 2. The molecule has 2 N–H and O–H groups in total. The van der Waals surface area contributed by atoms with Crippen molar-refractivity contribution in [3.8, 4) is 0 Å². The van der Waals surface area contributed by atoms with Crippen LogP contribution >= 0.6 is 0 Å². The molecule has 1 unspecified atom stereocenters. The van der Waals surface area contributed by atoms with Gasteiger partial charge in [-0.05, 0) is 37.5 Å². The summed E-state index contributed by atoms with van der Waals surface area (Å²) in [5.74, 6) is -0.260. The van der Waals surface area contributed by atoms with Gasteiger partial charge in [0.15, 0.2) is 0 Å². The number of carbonyl (C=O) groups excluding carboxylic acids is 1. The molecule has 0 radical (unpaired) electrons. The quantitative estimate of drug-likeness (QED) is 0.778. The Morgan fingerprint density at radius 2 is 2.22 bits per heavy atom. The molecular formula is C14H21FN2O. The Hall–Kier alpha value is -1.42. The van der Waals surface area contributed by atoms with Crippen LogP contribution in [0.5, 0.6) is 0 Å². The molecule has 4 heteroatoms. The second kappa shape index (κ2) is 7.82. The minimum absolute atomic E-state index is 0.0216.